The van der Waals surface area contributed by atoms with E-state index in [2.05, 4.69) is 10.6 Å². The summed E-state index contributed by atoms with van der Waals surface area (Å²) in [5, 5.41) is 7.29. The molecule has 2 N–H and O–H groups in total. The summed E-state index contributed by atoms with van der Waals surface area (Å²) in [5.41, 5.74) is 1.90. The molecule has 0 bridgehead atoms. The number of rotatable bonds is 5. The third-order valence-electron chi connectivity index (χ3n) is 4.10. The van der Waals surface area contributed by atoms with Crippen LogP contribution < -0.4 is 15.5 Å². The van der Waals surface area contributed by atoms with E-state index in [9.17, 15) is 9.59 Å². The highest BCUT2D eigenvalue weighted by Crippen LogP contribution is 2.21. The third-order valence-corrected chi connectivity index (χ3v) is 4.10. The fourth-order valence-electron chi connectivity index (χ4n) is 2.71. The lowest BCUT2D eigenvalue weighted by Crippen LogP contribution is -2.43. The second-order valence-electron chi connectivity index (χ2n) is 6.10. The highest BCUT2D eigenvalue weighted by Gasteiger charge is 2.11. The molecular weight excluding hydrogens is 326 g/mol. The molecule has 5 nitrogen and oxygen atoms in total. The molecule has 0 aliphatic carbocycles. The molecule has 3 aromatic rings. The van der Waals surface area contributed by atoms with Gasteiger partial charge >= 0.3 is 6.03 Å². The van der Waals surface area contributed by atoms with Crippen LogP contribution in [0.1, 0.15) is 5.56 Å². The molecular formula is C21H21N3O2. The average Bonchev–Trinajstić information content (AvgIpc) is 2.66. The van der Waals surface area contributed by atoms with Crippen molar-refractivity contribution in [3.8, 4) is 0 Å². The average molecular weight is 347 g/mol. The van der Waals surface area contributed by atoms with Gasteiger partial charge in [0.25, 0.3) is 0 Å². The van der Waals surface area contributed by atoms with Gasteiger partial charge in [0, 0.05) is 19.3 Å². The Morgan fingerprint density at radius 3 is 2.35 bits per heavy atom. The van der Waals surface area contributed by atoms with E-state index in [1.54, 1.807) is 0 Å². The monoisotopic (exact) mass is 347 g/mol. The van der Waals surface area contributed by atoms with Gasteiger partial charge in [0.15, 0.2) is 0 Å². The van der Waals surface area contributed by atoms with Crippen LogP contribution in [-0.2, 0) is 11.3 Å². The fraction of sp³-hybridized carbons (Fsp3) is 0.143. The van der Waals surface area contributed by atoms with Gasteiger partial charge in [-0.05, 0) is 28.5 Å². The van der Waals surface area contributed by atoms with Gasteiger partial charge < -0.3 is 10.2 Å². The summed E-state index contributed by atoms with van der Waals surface area (Å²) in [6.45, 7) is 0.470. The van der Waals surface area contributed by atoms with Crippen LogP contribution in [0.4, 0.5) is 10.5 Å². The van der Waals surface area contributed by atoms with Gasteiger partial charge in [0.2, 0.25) is 5.91 Å². The molecule has 0 saturated carbocycles. The molecule has 0 unspecified atom stereocenters. The van der Waals surface area contributed by atoms with Crippen molar-refractivity contribution in [2.75, 3.05) is 18.5 Å². The number of imide groups is 1. The number of urea groups is 1. The number of amides is 3. The Kier molecular flexibility index (Phi) is 5.49. The summed E-state index contributed by atoms with van der Waals surface area (Å²) in [7, 11) is 1.82. The Morgan fingerprint density at radius 2 is 1.58 bits per heavy atom. The Morgan fingerprint density at radius 1 is 0.885 bits per heavy atom. The fourth-order valence-corrected chi connectivity index (χ4v) is 2.71. The van der Waals surface area contributed by atoms with E-state index in [1.807, 2.05) is 84.7 Å². The summed E-state index contributed by atoms with van der Waals surface area (Å²) in [6.07, 6.45) is 0. The molecule has 0 aromatic heterocycles. The third kappa shape index (κ3) is 4.60. The zero-order valence-corrected chi connectivity index (χ0v) is 14.6. The topological polar surface area (TPSA) is 61.4 Å². The minimum Gasteiger partial charge on any atom is -0.365 e. The Balaban J connectivity index is 1.52. The van der Waals surface area contributed by atoms with Gasteiger partial charge in [-0.1, -0.05) is 60.7 Å². The predicted molar refractivity (Wildman–Crippen MR) is 104 cm³/mol. The summed E-state index contributed by atoms with van der Waals surface area (Å²) in [5.74, 6) is -0.355. The van der Waals surface area contributed by atoms with Crippen LogP contribution in [0, 0.1) is 0 Å². The number of likely N-dealkylation sites (N-methyl/N-ethyl adjacent to an activating group) is 1. The Bertz CT molecular complexity index is 909. The van der Waals surface area contributed by atoms with Crippen LogP contribution >= 0.6 is 0 Å². The van der Waals surface area contributed by atoms with E-state index in [-0.39, 0.29) is 12.5 Å². The summed E-state index contributed by atoms with van der Waals surface area (Å²) < 4.78 is 0. The molecule has 0 spiro atoms. The number of nitrogens with one attached hydrogen (secondary N) is 2. The first kappa shape index (κ1) is 17.5. The van der Waals surface area contributed by atoms with Crippen LogP contribution in [0.15, 0.2) is 72.8 Å². The lowest BCUT2D eigenvalue weighted by Gasteiger charge is -2.19. The molecule has 0 aliphatic heterocycles. The van der Waals surface area contributed by atoms with Crippen molar-refractivity contribution >= 4 is 28.4 Å². The molecule has 0 fully saturated rings. The largest absolute Gasteiger partial charge is 0.365 e. The highest BCUT2D eigenvalue weighted by molar-refractivity contribution is 5.96. The van der Waals surface area contributed by atoms with Gasteiger partial charge in [-0.15, -0.1) is 0 Å². The van der Waals surface area contributed by atoms with E-state index in [0.29, 0.717) is 6.54 Å². The van der Waals surface area contributed by atoms with Gasteiger partial charge in [-0.3, -0.25) is 10.1 Å². The smallest absolute Gasteiger partial charge is 0.321 e. The number of carbonyl (C=O) groups excluding carboxylic acids is 2. The number of hydrogen-bond donors (Lipinski definition) is 2. The maximum atomic E-state index is 12.1. The number of carbonyl (C=O) groups is 2. The van der Waals surface area contributed by atoms with Crippen LogP contribution in [0.25, 0.3) is 10.8 Å². The van der Waals surface area contributed by atoms with Gasteiger partial charge in [-0.2, -0.15) is 0 Å². The SMILES string of the molecule is CN(CC(=O)NC(=O)NCc1ccccc1)c1ccc2ccccc2c1. The molecule has 3 aromatic carbocycles. The number of hydrogen-bond acceptors (Lipinski definition) is 3. The summed E-state index contributed by atoms with van der Waals surface area (Å²) in [6, 6.07) is 23.1. The van der Waals surface area contributed by atoms with E-state index in [1.165, 1.54) is 0 Å². The van der Waals surface area contributed by atoms with Crippen LogP contribution in [0.5, 0.6) is 0 Å². The maximum absolute atomic E-state index is 12.1. The van der Waals surface area contributed by atoms with E-state index >= 15 is 0 Å². The number of fused-ring (bicyclic) bond motifs is 1. The van der Waals surface area contributed by atoms with Crippen molar-refractivity contribution in [2.45, 2.75) is 6.54 Å². The molecule has 5 heteroatoms. The number of benzene rings is 3. The van der Waals surface area contributed by atoms with Crippen LogP contribution in [-0.4, -0.2) is 25.5 Å². The molecule has 0 saturated heterocycles. The van der Waals surface area contributed by atoms with E-state index in [4.69, 9.17) is 0 Å². The molecule has 0 atom stereocenters. The molecule has 3 rings (SSSR count). The summed E-state index contributed by atoms with van der Waals surface area (Å²) in [4.78, 5) is 25.8. The van der Waals surface area contributed by atoms with Gasteiger partial charge in [-0.25, -0.2) is 4.79 Å². The molecule has 0 aliphatic rings. The molecule has 132 valence electrons. The van der Waals surface area contributed by atoms with Crippen molar-refractivity contribution in [3.63, 3.8) is 0 Å². The molecule has 0 heterocycles. The molecule has 26 heavy (non-hydrogen) atoms. The second kappa shape index (κ2) is 8.16. The molecule has 3 amide bonds. The minimum atomic E-state index is -0.495. The van der Waals surface area contributed by atoms with E-state index < -0.39 is 6.03 Å². The van der Waals surface area contributed by atoms with Crippen molar-refractivity contribution in [2.24, 2.45) is 0 Å². The molecule has 0 radical (unpaired) electrons. The highest BCUT2D eigenvalue weighted by atomic mass is 16.2. The first-order valence-corrected chi connectivity index (χ1v) is 8.43. The van der Waals surface area contributed by atoms with Crippen molar-refractivity contribution < 1.29 is 9.59 Å². The van der Waals surface area contributed by atoms with Gasteiger partial charge in [0.05, 0.1) is 6.54 Å². The van der Waals surface area contributed by atoms with Crippen molar-refractivity contribution in [3.05, 3.63) is 78.4 Å². The number of nitrogens with zero attached hydrogens (tertiary/aromatic N) is 1. The summed E-state index contributed by atoms with van der Waals surface area (Å²) >= 11 is 0. The van der Waals surface area contributed by atoms with Crippen LogP contribution in [0.3, 0.4) is 0 Å². The van der Waals surface area contributed by atoms with Crippen molar-refractivity contribution in [1.29, 1.82) is 0 Å². The Hall–Kier alpha value is -3.34. The van der Waals surface area contributed by atoms with E-state index in [0.717, 1.165) is 22.0 Å². The normalized spacial score (nSPS) is 10.3. The number of anilines is 1. The predicted octanol–water partition coefficient (Wildman–Crippen LogP) is 3.30. The quantitative estimate of drug-likeness (QED) is 0.744. The lowest BCUT2D eigenvalue weighted by atomic mass is 10.1. The maximum Gasteiger partial charge on any atom is 0.321 e. The Labute approximate surface area is 152 Å². The van der Waals surface area contributed by atoms with Crippen molar-refractivity contribution in [1.82, 2.24) is 10.6 Å². The first-order chi connectivity index (χ1) is 12.6. The van der Waals surface area contributed by atoms with Crippen LogP contribution in [0.2, 0.25) is 0 Å². The second-order valence-corrected chi connectivity index (χ2v) is 6.10. The standard InChI is InChI=1S/C21H21N3O2/c1-24(19-12-11-17-9-5-6-10-18(17)13-19)15-20(25)23-21(26)22-14-16-7-3-2-4-8-16/h2-13H,14-15H2,1H3,(H2,22,23,25,26). The first-order valence-electron chi connectivity index (χ1n) is 8.43. The lowest BCUT2D eigenvalue weighted by molar-refractivity contribution is -0.118. The zero-order valence-electron chi connectivity index (χ0n) is 14.6. The minimum absolute atomic E-state index is 0.0943. The zero-order chi connectivity index (χ0) is 18.4. The van der Waals surface area contributed by atoms with Gasteiger partial charge in [0.1, 0.15) is 0 Å².